The Kier molecular flexibility index (Phi) is 3.81. The lowest BCUT2D eigenvalue weighted by Gasteiger charge is -2.39. The number of likely N-dealkylation sites (N-methyl/N-ethyl adjacent to an activating group) is 1. The third-order valence-corrected chi connectivity index (χ3v) is 3.54. The molecule has 0 amide bonds. The molecule has 96 valence electrons. The first-order valence-electron chi connectivity index (χ1n) is 6.22. The van der Waals surface area contributed by atoms with E-state index in [0.717, 1.165) is 38.4 Å². The maximum absolute atomic E-state index is 5.86. The lowest BCUT2D eigenvalue weighted by atomic mass is 10.1. The van der Waals surface area contributed by atoms with Crippen molar-refractivity contribution in [3.8, 4) is 0 Å². The van der Waals surface area contributed by atoms with Gasteiger partial charge in [0, 0.05) is 45.8 Å². The quantitative estimate of drug-likeness (QED) is 0.791. The molecule has 17 heavy (non-hydrogen) atoms. The molecule has 2 N–H and O–H groups in total. The van der Waals surface area contributed by atoms with Crippen LogP contribution in [-0.2, 0) is 13.6 Å². The summed E-state index contributed by atoms with van der Waals surface area (Å²) in [6.07, 6.45) is 0. The lowest BCUT2D eigenvalue weighted by molar-refractivity contribution is 0.0859. The fourth-order valence-corrected chi connectivity index (χ4v) is 2.50. The predicted molar refractivity (Wildman–Crippen MR) is 68.7 cm³/mol. The van der Waals surface area contributed by atoms with E-state index in [1.807, 2.05) is 18.7 Å². The van der Waals surface area contributed by atoms with Gasteiger partial charge in [0.25, 0.3) is 0 Å². The molecule has 0 saturated carbocycles. The molecule has 1 fully saturated rings. The van der Waals surface area contributed by atoms with E-state index in [4.69, 9.17) is 5.73 Å². The van der Waals surface area contributed by atoms with Crippen LogP contribution in [0.25, 0.3) is 0 Å². The summed E-state index contributed by atoms with van der Waals surface area (Å²) in [5, 5.41) is 4.39. The largest absolute Gasteiger partial charge is 0.329 e. The summed E-state index contributed by atoms with van der Waals surface area (Å²) in [6, 6.07) is 2.62. The molecule has 5 heteroatoms. The summed E-state index contributed by atoms with van der Waals surface area (Å²) >= 11 is 0. The average molecular weight is 237 g/mol. The first kappa shape index (κ1) is 12.5. The van der Waals surface area contributed by atoms with Gasteiger partial charge in [-0.05, 0) is 20.0 Å². The second-order valence-electron chi connectivity index (χ2n) is 5.02. The van der Waals surface area contributed by atoms with Crippen LogP contribution in [0.2, 0.25) is 0 Å². The third kappa shape index (κ3) is 2.86. The van der Waals surface area contributed by atoms with E-state index >= 15 is 0 Å². The summed E-state index contributed by atoms with van der Waals surface area (Å²) in [4.78, 5) is 4.82. The molecule has 2 rings (SSSR count). The molecule has 1 unspecified atom stereocenters. The highest BCUT2D eigenvalue weighted by Crippen LogP contribution is 2.13. The Morgan fingerprint density at radius 2 is 2.18 bits per heavy atom. The molecule has 1 aliphatic heterocycles. The van der Waals surface area contributed by atoms with Gasteiger partial charge in [0.05, 0.1) is 11.4 Å². The summed E-state index contributed by atoms with van der Waals surface area (Å²) in [6.45, 7) is 6.98. The van der Waals surface area contributed by atoms with Gasteiger partial charge < -0.3 is 10.6 Å². The van der Waals surface area contributed by atoms with E-state index < -0.39 is 0 Å². The summed E-state index contributed by atoms with van der Waals surface area (Å²) in [5.74, 6) is 0. The summed E-state index contributed by atoms with van der Waals surface area (Å²) < 4.78 is 1.97. The number of nitrogens with zero attached hydrogens (tertiary/aromatic N) is 4. The zero-order valence-corrected chi connectivity index (χ0v) is 11.1. The van der Waals surface area contributed by atoms with Crippen molar-refractivity contribution >= 4 is 0 Å². The molecule has 1 aliphatic rings. The molecule has 0 radical (unpaired) electrons. The molecule has 0 aliphatic carbocycles. The first-order chi connectivity index (χ1) is 8.10. The van der Waals surface area contributed by atoms with Gasteiger partial charge in [-0.3, -0.25) is 9.58 Å². The van der Waals surface area contributed by atoms with Crippen LogP contribution in [0.15, 0.2) is 6.07 Å². The van der Waals surface area contributed by atoms with E-state index in [1.165, 1.54) is 5.69 Å². The Balaban J connectivity index is 2.04. The molecular weight excluding hydrogens is 214 g/mol. The highest BCUT2D eigenvalue weighted by molar-refractivity contribution is 5.09. The Labute approximate surface area is 103 Å². The number of piperazine rings is 1. The van der Waals surface area contributed by atoms with Crippen molar-refractivity contribution in [1.29, 1.82) is 0 Å². The van der Waals surface area contributed by atoms with Crippen LogP contribution in [0.3, 0.4) is 0 Å². The topological polar surface area (TPSA) is 50.3 Å². The monoisotopic (exact) mass is 237 g/mol. The van der Waals surface area contributed by atoms with Crippen molar-refractivity contribution in [2.24, 2.45) is 12.8 Å². The zero-order chi connectivity index (χ0) is 12.4. The second kappa shape index (κ2) is 5.16. The molecule has 1 atom stereocenters. The van der Waals surface area contributed by atoms with Gasteiger partial charge in [-0.25, -0.2) is 0 Å². The Bertz CT molecular complexity index is 373. The van der Waals surface area contributed by atoms with E-state index in [-0.39, 0.29) is 0 Å². The number of aromatic nitrogens is 2. The minimum atomic E-state index is 0.462. The van der Waals surface area contributed by atoms with Gasteiger partial charge in [-0.2, -0.15) is 5.10 Å². The number of rotatable bonds is 3. The van der Waals surface area contributed by atoms with Gasteiger partial charge >= 0.3 is 0 Å². The van der Waals surface area contributed by atoms with E-state index in [2.05, 4.69) is 28.0 Å². The van der Waals surface area contributed by atoms with E-state index in [0.29, 0.717) is 6.04 Å². The van der Waals surface area contributed by atoms with Gasteiger partial charge in [0.1, 0.15) is 0 Å². The number of hydrogen-bond acceptors (Lipinski definition) is 4. The predicted octanol–water partition coefficient (Wildman–Crippen LogP) is -0.197. The Morgan fingerprint density at radius 1 is 1.41 bits per heavy atom. The van der Waals surface area contributed by atoms with Crippen LogP contribution in [0.5, 0.6) is 0 Å². The van der Waals surface area contributed by atoms with E-state index in [9.17, 15) is 0 Å². The van der Waals surface area contributed by atoms with Crippen molar-refractivity contribution < 1.29 is 0 Å². The van der Waals surface area contributed by atoms with Crippen LogP contribution < -0.4 is 5.73 Å². The van der Waals surface area contributed by atoms with Gasteiger partial charge in [-0.15, -0.1) is 0 Å². The fraction of sp³-hybridized carbons (Fsp3) is 0.750. The average Bonchev–Trinajstić information content (AvgIpc) is 2.60. The maximum Gasteiger partial charge on any atom is 0.0597 e. The molecular formula is C12H23N5. The van der Waals surface area contributed by atoms with Crippen molar-refractivity contribution in [2.75, 3.05) is 33.2 Å². The number of hydrogen-bond donors (Lipinski definition) is 1. The lowest BCUT2D eigenvalue weighted by Crippen LogP contribution is -2.54. The minimum absolute atomic E-state index is 0.462. The van der Waals surface area contributed by atoms with Crippen LogP contribution in [0.4, 0.5) is 0 Å². The highest BCUT2D eigenvalue weighted by atomic mass is 15.3. The molecule has 2 heterocycles. The minimum Gasteiger partial charge on any atom is -0.329 e. The normalized spacial score (nSPS) is 23.2. The van der Waals surface area contributed by atoms with E-state index in [1.54, 1.807) is 0 Å². The molecule has 1 aromatic rings. The third-order valence-electron chi connectivity index (χ3n) is 3.54. The molecule has 0 spiro atoms. The van der Waals surface area contributed by atoms with Crippen LogP contribution in [0.1, 0.15) is 11.4 Å². The molecule has 1 aromatic heterocycles. The van der Waals surface area contributed by atoms with Crippen molar-refractivity contribution in [3.63, 3.8) is 0 Å². The molecule has 1 saturated heterocycles. The van der Waals surface area contributed by atoms with Crippen molar-refractivity contribution in [2.45, 2.75) is 19.5 Å². The van der Waals surface area contributed by atoms with Crippen LogP contribution >= 0.6 is 0 Å². The summed E-state index contributed by atoms with van der Waals surface area (Å²) in [7, 11) is 4.17. The Hall–Kier alpha value is -0.910. The summed E-state index contributed by atoms with van der Waals surface area (Å²) in [5.41, 5.74) is 8.22. The first-order valence-corrected chi connectivity index (χ1v) is 6.22. The van der Waals surface area contributed by atoms with Gasteiger partial charge in [0.2, 0.25) is 0 Å². The van der Waals surface area contributed by atoms with Gasteiger partial charge in [-0.1, -0.05) is 0 Å². The smallest absolute Gasteiger partial charge is 0.0597 e. The molecule has 0 bridgehead atoms. The highest BCUT2D eigenvalue weighted by Gasteiger charge is 2.24. The van der Waals surface area contributed by atoms with Crippen LogP contribution in [-0.4, -0.2) is 58.8 Å². The fourth-order valence-electron chi connectivity index (χ4n) is 2.50. The SMILES string of the molecule is Cc1cc(CN2CCN(C)CC2CN)n(C)n1. The maximum atomic E-state index is 5.86. The zero-order valence-electron chi connectivity index (χ0n) is 11.1. The molecule has 5 nitrogen and oxygen atoms in total. The standard InChI is InChI=1S/C12H23N5/c1-10-6-11(16(3)14-10)9-17-5-4-15(2)8-12(17)7-13/h6,12H,4-5,7-9,13H2,1-3H3. The van der Waals surface area contributed by atoms with Gasteiger partial charge in [0.15, 0.2) is 0 Å². The number of aryl methyl sites for hydroxylation is 2. The van der Waals surface area contributed by atoms with Crippen LogP contribution in [0, 0.1) is 6.92 Å². The van der Waals surface area contributed by atoms with Crippen molar-refractivity contribution in [1.82, 2.24) is 19.6 Å². The Morgan fingerprint density at radius 3 is 2.76 bits per heavy atom. The van der Waals surface area contributed by atoms with Crippen molar-refractivity contribution in [3.05, 3.63) is 17.5 Å². The molecule has 0 aromatic carbocycles. The second-order valence-corrected chi connectivity index (χ2v) is 5.02. The number of nitrogens with two attached hydrogens (primary N) is 1.